The number of para-hydroxylation sites is 1. The number of carbonyl (C=O) groups is 2. The molecule has 0 fully saturated rings. The highest BCUT2D eigenvalue weighted by Gasteiger charge is 2.12. The molecule has 0 aliphatic carbocycles. The Kier molecular flexibility index (Phi) is 6.41. The van der Waals surface area contributed by atoms with Crippen molar-refractivity contribution in [2.45, 2.75) is 19.8 Å². The number of anilines is 2. The zero-order valence-electron chi connectivity index (χ0n) is 17.8. The van der Waals surface area contributed by atoms with E-state index in [1.807, 2.05) is 79.9 Å². The van der Waals surface area contributed by atoms with E-state index in [2.05, 4.69) is 15.7 Å². The highest BCUT2D eigenvalue weighted by molar-refractivity contribution is 6.05. The molecule has 4 rings (SSSR count). The fourth-order valence-corrected chi connectivity index (χ4v) is 3.37. The SMILES string of the molecule is Cc1c(NC(=O)CCc2cnn(-c3ccccc3)c2)cccc1NC(=O)c1ccccc1. The minimum Gasteiger partial charge on any atom is -0.326 e. The number of carbonyl (C=O) groups excluding carboxylic acids is 2. The molecule has 0 bridgehead atoms. The predicted molar refractivity (Wildman–Crippen MR) is 126 cm³/mol. The van der Waals surface area contributed by atoms with Crippen LogP contribution in [0.15, 0.2) is 91.3 Å². The van der Waals surface area contributed by atoms with Crippen LogP contribution < -0.4 is 10.6 Å². The van der Waals surface area contributed by atoms with Gasteiger partial charge in [0, 0.05) is 29.6 Å². The van der Waals surface area contributed by atoms with Gasteiger partial charge in [0.1, 0.15) is 0 Å². The Labute approximate surface area is 186 Å². The number of benzene rings is 3. The summed E-state index contributed by atoms with van der Waals surface area (Å²) >= 11 is 0. The van der Waals surface area contributed by atoms with Gasteiger partial charge in [-0.2, -0.15) is 5.10 Å². The first-order chi connectivity index (χ1) is 15.6. The quantitative estimate of drug-likeness (QED) is 0.438. The van der Waals surface area contributed by atoms with E-state index in [9.17, 15) is 9.59 Å². The topological polar surface area (TPSA) is 76.0 Å². The third-order valence-electron chi connectivity index (χ3n) is 5.19. The van der Waals surface area contributed by atoms with Gasteiger partial charge in [0.05, 0.1) is 11.9 Å². The highest BCUT2D eigenvalue weighted by atomic mass is 16.2. The Hall–Kier alpha value is -4.19. The van der Waals surface area contributed by atoms with Crippen molar-refractivity contribution in [3.8, 4) is 5.69 Å². The molecule has 0 saturated heterocycles. The molecule has 0 atom stereocenters. The van der Waals surface area contributed by atoms with Crippen molar-refractivity contribution in [1.82, 2.24) is 9.78 Å². The van der Waals surface area contributed by atoms with E-state index in [0.29, 0.717) is 29.8 Å². The standard InChI is InChI=1S/C26H24N4O2/c1-19-23(13-8-14-24(19)29-26(32)21-9-4-2-5-10-21)28-25(31)16-15-20-17-27-30(18-20)22-11-6-3-7-12-22/h2-14,17-18H,15-16H2,1H3,(H,28,31)(H,29,32). The number of hydrogen-bond acceptors (Lipinski definition) is 3. The van der Waals surface area contributed by atoms with E-state index in [1.165, 1.54) is 0 Å². The summed E-state index contributed by atoms with van der Waals surface area (Å²) in [5.41, 5.74) is 4.71. The molecule has 32 heavy (non-hydrogen) atoms. The van der Waals surface area contributed by atoms with E-state index in [-0.39, 0.29) is 11.8 Å². The molecule has 0 spiro atoms. The Bertz CT molecular complexity index is 1220. The van der Waals surface area contributed by atoms with Crippen LogP contribution in [0.2, 0.25) is 0 Å². The number of aromatic nitrogens is 2. The minimum atomic E-state index is -0.187. The maximum atomic E-state index is 12.5. The first-order valence-electron chi connectivity index (χ1n) is 10.4. The average Bonchev–Trinajstić information content (AvgIpc) is 3.31. The number of nitrogens with one attached hydrogen (secondary N) is 2. The molecule has 4 aromatic rings. The Balaban J connectivity index is 1.36. The third-order valence-corrected chi connectivity index (χ3v) is 5.19. The highest BCUT2D eigenvalue weighted by Crippen LogP contribution is 2.24. The second-order valence-corrected chi connectivity index (χ2v) is 7.48. The summed E-state index contributed by atoms with van der Waals surface area (Å²) in [6.45, 7) is 1.88. The van der Waals surface area contributed by atoms with Crippen LogP contribution in [0, 0.1) is 6.92 Å². The van der Waals surface area contributed by atoms with Gasteiger partial charge in [-0.25, -0.2) is 4.68 Å². The molecule has 0 unspecified atom stereocenters. The largest absolute Gasteiger partial charge is 0.326 e. The van der Waals surface area contributed by atoms with Crippen molar-refractivity contribution < 1.29 is 9.59 Å². The number of nitrogens with zero attached hydrogens (tertiary/aromatic N) is 2. The fourth-order valence-electron chi connectivity index (χ4n) is 3.37. The van der Waals surface area contributed by atoms with Crippen LogP contribution in [0.3, 0.4) is 0 Å². The fraction of sp³-hybridized carbons (Fsp3) is 0.115. The van der Waals surface area contributed by atoms with E-state index in [0.717, 1.165) is 16.8 Å². The van der Waals surface area contributed by atoms with Crippen LogP contribution in [-0.4, -0.2) is 21.6 Å². The molecule has 0 saturated carbocycles. The molecular weight excluding hydrogens is 400 g/mol. The van der Waals surface area contributed by atoms with Crippen molar-refractivity contribution in [3.63, 3.8) is 0 Å². The molecule has 6 heteroatoms. The zero-order chi connectivity index (χ0) is 22.3. The van der Waals surface area contributed by atoms with Crippen LogP contribution in [-0.2, 0) is 11.2 Å². The van der Waals surface area contributed by atoms with Gasteiger partial charge in [-0.1, -0.05) is 42.5 Å². The van der Waals surface area contributed by atoms with Gasteiger partial charge >= 0.3 is 0 Å². The van der Waals surface area contributed by atoms with Gasteiger partial charge in [0.2, 0.25) is 5.91 Å². The zero-order valence-corrected chi connectivity index (χ0v) is 17.8. The van der Waals surface area contributed by atoms with E-state index >= 15 is 0 Å². The lowest BCUT2D eigenvalue weighted by atomic mass is 10.1. The van der Waals surface area contributed by atoms with Gasteiger partial charge in [0.15, 0.2) is 0 Å². The number of aryl methyl sites for hydroxylation is 1. The molecular formula is C26H24N4O2. The molecule has 0 aliphatic rings. The van der Waals surface area contributed by atoms with Crippen LogP contribution in [0.4, 0.5) is 11.4 Å². The van der Waals surface area contributed by atoms with Gasteiger partial charge in [-0.05, 0) is 60.9 Å². The van der Waals surface area contributed by atoms with Crippen LogP contribution >= 0.6 is 0 Å². The van der Waals surface area contributed by atoms with Gasteiger partial charge < -0.3 is 10.6 Å². The molecule has 1 aromatic heterocycles. The third kappa shape index (κ3) is 5.10. The van der Waals surface area contributed by atoms with Gasteiger partial charge in [0.25, 0.3) is 5.91 Å². The van der Waals surface area contributed by atoms with Gasteiger partial charge in [-0.15, -0.1) is 0 Å². The molecule has 0 radical (unpaired) electrons. The summed E-state index contributed by atoms with van der Waals surface area (Å²) in [6.07, 6.45) is 4.64. The summed E-state index contributed by atoms with van der Waals surface area (Å²) in [7, 11) is 0. The molecule has 160 valence electrons. The first-order valence-corrected chi connectivity index (χ1v) is 10.4. The molecule has 1 heterocycles. The molecule has 6 nitrogen and oxygen atoms in total. The number of hydrogen-bond donors (Lipinski definition) is 2. The normalized spacial score (nSPS) is 10.5. The van der Waals surface area contributed by atoms with E-state index < -0.39 is 0 Å². The second-order valence-electron chi connectivity index (χ2n) is 7.48. The maximum Gasteiger partial charge on any atom is 0.255 e. The van der Waals surface area contributed by atoms with Crippen molar-refractivity contribution in [1.29, 1.82) is 0 Å². The Morgan fingerprint density at radius 3 is 2.22 bits per heavy atom. The van der Waals surface area contributed by atoms with E-state index in [4.69, 9.17) is 0 Å². The monoisotopic (exact) mass is 424 g/mol. The van der Waals surface area contributed by atoms with E-state index in [1.54, 1.807) is 23.0 Å². The summed E-state index contributed by atoms with van der Waals surface area (Å²) in [4.78, 5) is 25.0. The Morgan fingerprint density at radius 2 is 1.50 bits per heavy atom. The number of amides is 2. The lowest BCUT2D eigenvalue weighted by Gasteiger charge is -2.13. The Morgan fingerprint density at radius 1 is 0.844 bits per heavy atom. The second kappa shape index (κ2) is 9.75. The minimum absolute atomic E-state index is 0.0907. The van der Waals surface area contributed by atoms with Crippen molar-refractivity contribution in [3.05, 3.63) is 108 Å². The predicted octanol–water partition coefficient (Wildman–Crippen LogP) is 5.00. The smallest absolute Gasteiger partial charge is 0.255 e. The van der Waals surface area contributed by atoms with Crippen molar-refractivity contribution in [2.75, 3.05) is 10.6 Å². The summed E-state index contributed by atoms with van der Waals surface area (Å²) < 4.78 is 1.80. The summed E-state index contributed by atoms with van der Waals surface area (Å²) in [5, 5.41) is 10.2. The average molecular weight is 425 g/mol. The number of rotatable bonds is 7. The summed E-state index contributed by atoms with van der Waals surface area (Å²) in [6, 6.07) is 24.3. The van der Waals surface area contributed by atoms with Gasteiger partial charge in [-0.3, -0.25) is 9.59 Å². The van der Waals surface area contributed by atoms with Crippen LogP contribution in [0.25, 0.3) is 5.69 Å². The molecule has 2 N–H and O–H groups in total. The molecule has 0 aliphatic heterocycles. The lowest BCUT2D eigenvalue weighted by molar-refractivity contribution is -0.116. The maximum absolute atomic E-state index is 12.5. The van der Waals surface area contributed by atoms with Crippen molar-refractivity contribution >= 4 is 23.2 Å². The first kappa shape index (κ1) is 21.1. The summed E-state index contributed by atoms with van der Waals surface area (Å²) in [5.74, 6) is -0.278. The lowest BCUT2D eigenvalue weighted by Crippen LogP contribution is -2.16. The van der Waals surface area contributed by atoms with Crippen LogP contribution in [0.5, 0.6) is 0 Å². The van der Waals surface area contributed by atoms with Crippen LogP contribution in [0.1, 0.15) is 27.9 Å². The molecule has 3 aromatic carbocycles. The van der Waals surface area contributed by atoms with Crippen molar-refractivity contribution in [2.24, 2.45) is 0 Å². The molecule has 2 amide bonds.